The first-order chi connectivity index (χ1) is 13.6. The van der Waals surface area contributed by atoms with Crippen LogP contribution < -0.4 is 15.4 Å². The Labute approximate surface area is 171 Å². The van der Waals surface area contributed by atoms with Gasteiger partial charge in [-0.05, 0) is 63.8 Å². The molecule has 3 aromatic carbocycles. The molecule has 2 N–H and O–H groups in total. The van der Waals surface area contributed by atoms with Crippen molar-refractivity contribution in [3.63, 3.8) is 0 Å². The summed E-state index contributed by atoms with van der Waals surface area (Å²) in [5.74, 6) is 0.196. The van der Waals surface area contributed by atoms with E-state index in [0.29, 0.717) is 23.0 Å². The molecule has 0 radical (unpaired) electrons. The molecule has 0 spiro atoms. The van der Waals surface area contributed by atoms with Gasteiger partial charge < -0.3 is 15.4 Å². The van der Waals surface area contributed by atoms with Crippen LogP contribution in [0.3, 0.4) is 0 Å². The summed E-state index contributed by atoms with van der Waals surface area (Å²) in [6.45, 7) is -0.130. The van der Waals surface area contributed by atoms with Gasteiger partial charge in [0.05, 0.1) is 4.47 Å². The minimum absolute atomic E-state index is 0.116. The third-order valence-electron chi connectivity index (χ3n) is 4.51. The van der Waals surface area contributed by atoms with Crippen LogP contribution in [-0.4, -0.2) is 24.5 Å². The molecule has 1 fully saturated rings. The van der Waals surface area contributed by atoms with Gasteiger partial charge in [0.15, 0.2) is 6.61 Å². The summed E-state index contributed by atoms with van der Waals surface area (Å²) in [4.78, 5) is 24.4. The third-order valence-corrected chi connectivity index (χ3v) is 5.33. The summed E-state index contributed by atoms with van der Waals surface area (Å²) in [7, 11) is 0. The highest BCUT2D eigenvalue weighted by atomic mass is 79.9. The maximum atomic E-state index is 12.3. The Morgan fingerprint density at radius 1 is 1.04 bits per heavy atom. The van der Waals surface area contributed by atoms with E-state index in [9.17, 15) is 9.59 Å². The number of anilines is 1. The average molecular weight is 439 g/mol. The second-order valence-corrected chi connectivity index (χ2v) is 7.56. The van der Waals surface area contributed by atoms with Crippen molar-refractivity contribution >= 4 is 44.2 Å². The lowest BCUT2D eigenvalue weighted by Crippen LogP contribution is -2.25. The summed E-state index contributed by atoms with van der Waals surface area (Å²) in [6, 6.07) is 18.9. The molecule has 0 bridgehead atoms. The van der Waals surface area contributed by atoms with Crippen LogP contribution in [0.2, 0.25) is 0 Å². The normalized spacial score (nSPS) is 13.2. The lowest BCUT2D eigenvalue weighted by atomic mass is 10.1. The van der Waals surface area contributed by atoms with Gasteiger partial charge in [0.1, 0.15) is 5.75 Å². The van der Waals surface area contributed by atoms with Crippen LogP contribution in [0, 0.1) is 0 Å². The Hall–Kier alpha value is -2.86. The summed E-state index contributed by atoms with van der Waals surface area (Å²) < 4.78 is 6.50. The van der Waals surface area contributed by atoms with Crippen molar-refractivity contribution < 1.29 is 14.3 Å². The zero-order chi connectivity index (χ0) is 19.5. The van der Waals surface area contributed by atoms with E-state index in [1.165, 1.54) is 0 Å². The molecule has 2 amide bonds. The summed E-state index contributed by atoms with van der Waals surface area (Å²) in [5, 5.41) is 7.82. The SMILES string of the molecule is O=C(COc1ccc2ccccc2c1Br)Nc1cccc(C(=O)NC2CC2)c1. The van der Waals surface area contributed by atoms with Gasteiger partial charge in [-0.1, -0.05) is 36.4 Å². The van der Waals surface area contributed by atoms with Gasteiger partial charge in [-0.25, -0.2) is 0 Å². The number of halogens is 1. The molecule has 0 unspecified atom stereocenters. The van der Waals surface area contributed by atoms with E-state index in [2.05, 4.69) is 26.6 Å². The zero-order valence-electron chi connectivity index (χ0n) is 15.1. The minimum Gasteiger partial charge on any atom is -0.483 e. The van der Waals surface area contributed by atoms with Gasteiger partial charge in [-0.3, -0.25) is 9.59 Å². The van der Waals surface area contributed by atoms with Crippen molar-refractivity contribution in [2.45, 2.75) is 18.9 Å². The van der Waals surface area contributed by atoms with Gasteiger partial charge in [0.2, 0.25) is 0 Å². The number of hydrogen-bond acceptors (Lipinski definition) is 3. The Balaban J connectivity index is 1.38. The van der Waals surface area contributed by atoms with Crippen molar-refractivity contribution in [2.75, 3.05) is 11.9 Å². The van der Waals surface area contributed by atoms with E-state index in [1.807, 2.05) is 36.4 Å². The smallest absolute Gasteiger partial charge is 0.262 e. The predicted molar refractivity (Wildman–Crippen MR) is 113 cm³/mol. The summed E-state index contributed by atoms with van der Waals surface area (Å²) in [5.41, 5.74) is 1.09. The van der Waals surface area contributed by atoms with Crippen LogP contribution in [0.15, 0.2) is 65.1 Å². The molecule has 0 heterocycles. The Morgan fingerprint density at radius 2 is 1.86 bits per heavy atom. The van der Waals surface area contributed by atoms with Crippen molar-refractivity contribution in [3.8, 4) is 5.75 Å². The molecule has 6 heteroatoms. The maximum Gasteiger partial charge on any atom is 0.262 e. The second kappa shape index (κ2) is 8.02. The molecule has 0 aromatic heterocycles. The van der Waals surface area contributed by atoms with Crippen LogP contribution in [-0.2, 0) is 4.79 Å². The molecule has 142 valence electrons. The summed E-state index contributed by atoms with van der Waals surface area (Å²) in [6.07, 6.45) is 2.06. The van der Waals surface area contributed by atoms with E-state index in [0.717, 1.165) is 28.1 Å². The molecule has 0 atom stereocenters. The molecule has 0 aliphatic heterocycles. The van der Waals surface area contributed by atoms with Crippen LogP contribution >= 0.6 is 15.9 Å². The molecule has 5 nitrogen and oxygen atoms in total. The van der Waals surface area contributed by atoms with Crippen LogP contribution in [0.5, 0.6) is 5.75 Å². The fourth-order valence-corrected chi connectivity index (χ4v) is 3.51. The molecular weight excluding hydrogens is 420 g/mol. The number of amides is 2. The molecule has 3 aromatic rings. The average Bonchev–Trinajstić information content (AvgIpc) is 3.52. The largest absolute Gasteiger partial charge is 0.483 e. The standard InChI is InChI=1S/C22H19BrN2O3/c23-21-18-7-2-1-4-14(18)8-11-19(21)28-13-20(26)24-17-6-3-5-15(12-17)22(27)25-16-9-10-16/h1-8,11-12,16H,9-10,13H2,(H,24,26)(H,25,27). The highest BCUT2D eigenvalue weighted by Crippen LogP contribution is 2.33. The molecular formula is C22H19BrN2O3. The Bertz CT molecular complexity index is 1050. The number of rotatable bonds is 6. The number of carbonyl (C=O) groups is 2. The van der Waals surface area contributed by atoms with Crippen molar-refractivity contribution in [1.29, 1.82) is 0 Å². The number of ether oxygens (including phenoxy) is 1. The zero-order valence-corrected chi connectivity index (χ0v) is 16.7. The molecule has 4 rings (SSSR count). The van der Waals surface area contributed by atoms with E-state index < -0.39 is 0 Å². The van der Waals surface area contributed by atoms with E-state index in [4.69, 9.17) is 4.74 Å². The second-order valence-electron chi connectivity index (χ2n) is 6.76. The molecule has 1 aliphatic carbocycles. The first-order valence-electron chi connectivity index (χ1n) is 9.11. The van der Waals surface area contributed by atoms with E-state index in [-0.39, 0.29) is 18.4 Å². The Morgan fingerprint density at radius 3 is 2.68 bits per heavy atom. The lowest BCUT2D eigenvalue weighted by molar-refractivity contribution is -0.118. The van der Waals surface area contributed by atoms with Crippen LogP contribution in [0.25, 0.3) is 10.8 Å². The number of hydrogen-bond donors (Lipinski definition) is 2. The highest BCUT2D eigenvalue weighted by Gasteiger charge is 2.23. The van der Waals surface area contributed by atoms with Gasteiger partial charge in [0, 0.05) is 17.3 Å². The summed E-state index contributed by atoms with van der Waals surface area (Å²) >= 11 is 3.55. The van der Waals surface area contributed by atoms with Crippen LogP contribution in [0.4, 0.5) is 5.69 Å². The lowest BCUT2D eigenvalue weighted by Gasteiger charge is -2.11. The molecule has 0 saturated heterocycles. The van der Waals surface area contributed by atoms with Gasteiger partial charge in [-0.15, -0.1) is 0 Å². The topological polar surface area (TPSA) is 67.4 Å². The van der Waals surface area contributed by atoms with Gasteiger partial charge >= 0.3 is 0 Å². The van der Waals surface area contributed by atoms with Crippen LogP contribution in [0.1, 0.15) is 23.2 Å². The van der Waals surface area contributed by atoms with Crippen molar-refractivity contribution in [1.82, 2.24) is 5.32 Å². The minimum atomic E-state index is -0.292. The Kier molecular flexibility index (Phi) is 5.30. The third kappa shape index (κ3) is 4.34. The van der Waals surface area contributed by atoms with Crippen molar-refractivity contribution in [2.24, 2.45) is 0 Å². The fraction of sp³-hybridized carbons (Fsp3) is 0.182. The van der Waals surface area contributed by atoms with Gasteiger partial charge in [0.25, 0.3) is 11.8 Å². The molecule has 1 aliphatic rings. The van der Waals surface area contributed by atoms with E-state index >= 15 is 0 Å². The number of benzene rings is 3. The highest BCUT2D eigenvalue weighted by molar-refractivity contribution is 9.10. The number of fused-ring (bicyclic) bond motifs is 1. The first-order valence-corrected chi connectivity index (χ1v) is 9.90. The maximum absolute atomic E-state index is 12.3. The molecule has 1 saturated carbocycles. The number of carbonyl (C=O) groups excluding carboxylic acids is 2. The van der Waals surface area contributed by atoms with E-state index in [1.54, 1.807) is 24.3 Å². The quantitative estimate of drug-likeness (QED) is 0.594. The monoisotopic (exact) mass is 438 g/mol. The van der Waals surface area contributed by atoms with Crippen molar-refractivity contribution in [3.05, 3.63) is 70.7 Å². The predicted octanol–water partition coefficient (Wildman–Crippen LogP) is 4.51. The first kappa shape index (κ1) is 18.5. The molecule has 28 heavy (non-hydrogen) atoms. The van der Waals surface area contributed by atoms with Gasteiger partial charge in [-0.2, -0.15) is 0 Å². The number of nitrogens with one attached hydrogen (secondary N) is 2. The fourth-order valence-electron chi connectivity index (χ4n) is 2.90.